The van der Waals surface area contributed by atoms with Gasteiger partial charge in [-0.1, -0.05) is 49.6 Å². The molecule has 0 aliphatic carbocycles. The van der Waals surface area contributed by atoms with Gasteiger partial charge in [-0.2, -0.15) is 0 Å². The van der Waals surface area contributed by atoms with Crippen LogP contribution in [0, 0.1) is 0 Å². The van der Waals surface area contributed by atoms with Crippen LogP contribution in [0.15, 0.2) is 73.2 Å². The second-order valence-corrected chi connectivity index (χ2v) is 3.43. The Hall–Kier alpha value is -2.00. The Morgan fingerprint density at radius 1 is 0.947 bits per heavy atom. The first kappa shape index (κ1) is 17.0. The van der Waals surface area contributed by atoms with Crippen molar-refractivity contribution in [2.24, 2.45) is 0 Å². The molecule has 0 aliphatic heterocycles. The highest BCUT2D eigenvalue weighted by Crippen LogP contribution is 2.00. The maximum atomic E-state index is 8.44. The summed E-state index contributed by atoms with van der Waals surface area (Å²) in [5.74, 6) is 1.05. The molecule has 0 saturated carbocycles. The molecule has 0 atom stereocenters. The molecule has 0 radical (unpaired) electrons. The highest BCUT2D eigenvalue weighted by molar-refractivity contribution is 5.16. The minimum absolute atomic E-state index is 0.0146. The van der Waals surface area contributed by atoms with E-state index < -0.39 is 0 Å². The molecule has 0 spiro atoms. The average Bonchev–Trinajstić information content (AvgIpc) is 2.46. The second kappa shape index (κ2) is 12.5. The molecule has 104 valence electrons. The number of aliphatic hydroxyl groups excluding tert-OH is 1. The molecule has 1 rings (SSSR count). The zero-order valence-electron chi connectivity index (χ0n) is 11.4. The van der Waals surface area contributed by atoms with E-state index in [4.69, 9.17) is 14.6 Å². The van der Waals surface area contributed by atoms with Gasteiger partial charge in [0.25, 0.3) is 0 Å². The van der Waals surface area contributed by atoms with Gasteiger partial charge in [0.1, 0.15) is 18.1 Å². The molecular weight excluding hydrogens is 240 g/mol. The van der Waals surface area contributed by atoms with E-state index in [2.05, 4.69) is 13.2 Å². The monoisotopic (exact) mass is 262 g/mol. The second-order valence-electron chi connectivity index (χ2n) is 3.43. The maximum Gasteiger partial charge on any atom is 0.112 e. The summed E-state index contributed by atoms with van der Waals surface area (Å²) in [6, 6.07) is 12.0. The maximum absolute atomic E-state index is 8.44. The Kier molecular flexibility index (Phi) is 11.1. The molecule has 0 fully saturated rings. The molecule has 0 unspecified atom stereocenters. The molecule has 0 aliphatic rings. The zero-order valence-corrected chi connectivity index (χ0v) is 11.4. The van der Waals surface area contributed by atoms with Gasteiger partial charge in [-0.25, -0.2) is 0 Å². The highest BCUT2D eigenvalue weighted by atomic mass is 16.5. The number of hydrogen-bond acceptors (Lipinski definition) is 3. The van der Waals surface area contributed by atoms with Gasteiger partial charge in [-0.3, -0.25) is 0 Å². The Morgan fingerprint density at radius 3 is 1.74 bits per heavy atom. The Morgan fingerprint density at radius 2 is 1.37 bits per heavy atom. The molecule has 1 aromatic rings. The van der Waals surface area contributed by atoms with E-state index >= 15 is 0 Å². The number of ether oxygens (including phenoxy) is 2. The molecule has 0 saturated heterocycles. The van der Waals surface area contributed by atoms with Crippen molar-refractivity contribution < 1.29 is 14.6 Å². The van der Waals surface area contributed by atoms with Crippen molar-refractivity contribution in [3.05, 3.63) is 73.2 Å². The van der Waals surface area contributed by atoms with Crippen LogP contribution in [0.3, 0.4) is 0 Å². The lowest BCUT2D eigenvalue weighted by molar-refractivity contribution is 0.153. The Labute approximate surface area is 115 Å². The van der Waals surface area contributed by atoms with Gasteiger partial charge in [0.05, 0.1) is 13.2 Å². The van der Waals surface area contributed by atoms with Gasteiger partial charge in [-0.15, -0.1) is 0 Å². The molecule has 1 N–H and O–H groups in total. The smallest absolute Gasteiger partial charge is 0.112 e. The van der Waals surface area contributed by atoms with E-state index in [-0.39, 0.29) is 13.2 Å². The summed E-state index contributed by atoms with van der Waals surface area (Å²) < 4.78 is 10.1. The average molecular weight is 262 g/mol. The lowest BCUT2D eigenvalue weighted by Crippen LogP contribution is -1.96. The van der Waals surface area contributed by atoms with E-state index in [1.165, 1.54) is 0 Å². The number of aliphatic hydroxyl groups is 1. The summed E-state index contributed by atoms with van der Waals surface area (Å²) in [6.07, 6.45) is 3.32. The number of allylic oxidation sites excluding steroid dienone is 2. The third-order valence-corrected chi connectivity index (χ3v) is 1.83. The Bertz CT molecular complexity index is 342. The first-order valence-corrected chi connectivity index (χ1v) is 6.13. The van der Waals surface area contributed by atoms with Crippen LogP contribution < -0.4 is 0 Å². The fraction of sp³-hybridized carbons (Fsp3) is 0.250. The van der Waals surface area contributed by atoms with E-state index in [1.54, 1.807) is 12.2 Å². The van der Waals surface area contributed by atoms with Gasteiger partial charge in [0.15, 0.2) is 0 Å². The van der Waals surface area contributed by atoms with Crippen LogP contribution in [0.1, 0.15) is 6.92 Å². The molecule has 19 heavy (non-hydrogen) atoms. The van der Waals surface area contributed by atoms with Crippen molar-refractivity contribution in [2.45, 2.75) is 6.92 Å². The van der Waals surface area contributed by atoms with Crippen molar-refractivity contribution in [3.8, 4) is 0 Å². The quantitative estimate of drug-likeness (QED) is 0.605. The van der Waals surface area contributed by atoms with Crippen molar-refractivity contribution in [2.75, 3.05) is 19.8 Å². The summed E-state index contributed by atoms with van der Waals surface area (Å²) in [6.45, 7) is 9.96. The molecule has 3 heteroatoms. The molecule has 3 nitrogen and oxygen atoms in total. The highest BCUT2D eigenvalue weighted by Gasteiger charge is 1.89. The fourth-order valence-electron chi connectivity index (χ4n) is 1.03. The van der Waals surface area contributed by atoms with E-state index in [9.17, 15) is 0 Å². The summed E-state index contributed by atoms with van der Waals surface area (Å²) in [7, 11) is 0. The van der Waals surface area contributed by atoms with Gasteiger partial charge in [-0.05, 0) is 19.1 Å². The summed E-state index contributed by atoms with van der Waals surface area (Å²) in [4.78, 5) is 0. The van der Waals surface area contributed by atoms with Crippen LogP contribution in [0.5, 0.6) is 0 Å². The fourth-order valence-corrected chi connectivity index (χ4v) is 1.03. The summed E-state index contributed by atoms with van der Waals surface area (Å²) >= 11 is 0. The molecule has 0 aromatic heterocycles. The first-order valence-electron chi connectivity index (χ1n) is 6.13. The molecular formula is C16H22O3. The van der Waals surface area contributed by atoms with Crippen molar-refractivity contribution >= 4 is 0 Å². The van der Waals surface area contributed by atoms with E-state index in [0.717, 1.165) is 0 Å². The summed E-state index contributed by atoms with van der Waals surface area (Å²) in [5.41, 5.74) is 0. The predicted octanol–water partition coefficient (Wildman–Crippen LogP) is 3.30. The van der Waals surface area contributed by atoms with Gasteiger partial charge in [0.2, 0.25) is 0 Å². The lowest BCUT2D eigenvalue weighted by atomic mass is 10.4. The SMILES string of the molecule is C=C(/C=C\C(=C)OCCO)OCC.c1ccccc1. The third-order valence-electron chi connectivity index (χ3n) is 1.83. The largest absolute Gasteiger partial charge is 0.495 e. The standard InChI is InChI=1S/C10H16O3.C6H6/c1-4-12-9(2)5-6-10(3)13-8-7-11;1-2-4-6-5-3-1/h5-6,11H,2-4,7-8H2,1H3;1-6H/b6-5-;. The van der Waals surface area contributed by atoms with Crippen LogP contribution >= 0.6 is 0 Å². The molecule has 0 heterocycles. The Balaban J connectivity index is 0.000000443. The predicted molar refractivity (Wildman–Crippen MR) is 78.5 cm³/mol. The topological polar surface area (TPSA) is 38.7 Å². The minimum Gasteiger partial charge on any atom is -0.495 e. The van der Waals surface area contributed by atoms with Crippen molar-refractivity contribution in [1.29, 1.82) is 0 Å². The van der Waals surface area contributed by atoms with Gasteiger partial charge < -0.3 is 14.6 Å². The number of hydrogen-bond donors (Lipinski definition) is 1. The van der Waals surface area contributed by atoms with Crippen LogP contribution in [-0.2, 0) is 9.47 Å². The molecule has 1 aromatic carbocycles. The van der Waals surface area contributed by atoms with Crippen molar-refractivity contribution in [3.63, 3.8) is 0 Å². The normalized spacial score (nSPS) is 9.37. The third kappa shape index (κ3) is 12.2. The first-order chi connectivity index (χ1) is 9.20. The van der Waals surface area contributed by atoms with Crippen LogP contribution in [0.2, 0.25) is 0 Å². The number of benzene rings is 1. The summed E-state index contributed by atoms with van der Waals surface area (Å²) in [5, 5.41) is 8.44. The van der Waals surface area contributed by atoms with Gasteiger partial charge >= 0.3 is 0 Å². The number of rotatable bonds is 7. The van der Waals surface area contributed by atoms with Crippen LogP contribution in [0.25, 0.3) is 0 Å². The zero-order chi connectivity index (χ0) is 14.3. The molecule has 0 bridgehead atoms. The van der Waals surface area contributed by atoms with Crippen LogP contribution in [0.4, 0.5) is 0 Å². The van der Waals surface area contributed by atoms with Gasteiger partial charge in [0, 0.05) is 0 Å². The van der Waals surface area contributed by atoms with Crippen molar-refractivity contribution in [1.82, 2.24) is 0 Å². The lowest BCUT2D eigenvalue weighted by Gasteiger charge is -2.03. The van der Waals surface area contributed by atoms with Crippen LogP contribution in [-0.4, -0.2) is 24.9 Å². The molecule has 0 amide bonds. The van der Waals surface area contributed by atoms with E-state index in [0.29, 0.717) is 18.1 Å². The minimum atomic E-state index is -0.0146. The van der Waals surface area contributed by atoms with E-state index in [1.807, 2.05) is 43.3 Å².